The molecule has 0 aromatic rings. The van der Waals surface area contributed by atoms with Gasteiger partial charge in [0.25, 0.3) is 0 Å². The van der Waals surface area contributed by atoms with Gasteiger partial charge in [-0.25, -0.2) is 0 Å². The summed E-state index contributed by atoms with van der Waals surface area (Å²) in [6.45, 7) is 2.37. The van der Waals surface area contributed by atoms with Gasteiger partial charge in [0.15, 0.2) is 0 Å². The maximum absolute atomic E-state index is 2.46. The number of hydrogen-bond acceptors (Lipinski definition) is 0. The molecule has 0 aliphatic heterocycles. The molecule has 0 radical (unpaired) electrons. The SMILES string of the molecule is C[C@H]1C=C[C@H]2[C@@H]1[C@@H]1C=C[C@@H]2C1. The Hall–Kier alpha value is -0.520. The van der Waals surface area contributed by atoms with Crippen molar-refractivity contribution in [1.82, 2.24) is 0 Å². The van der Waals surface area contributed by atoms with Gasteiger partial charge in [0.1, 0.15) is 0 Å². The topological polar surface area (TPSA) is 0 Å². The highest BCUT2D eigenvalue weighted by Gasteiger charge is 2.47. The summed E-state index contributed by atoms with van der Waals surface area (Å²) >= 11 is 0. The Morgan fingerprint density at radius 3 is 2.64 bits per heavy atom. The van der Waals surface area contributed by atoms with Gasteiger partial charge in [0, 0.05) is 0 Å². The smallest absolute Gasteiger partial charge is 0.0131 e. The molecule has 2 bridgehead atoms. The summed E-state index contributed by atoms with van der Waals surface area (Å²) in [6.07, 6.45) is 11.2. The van der Waals surface area contributed by atoms with Crippen molar-refractivity contribution in [3.63, 3.8) is 0 Å². The second-order valence-electron chi connectivity index (χ2n) is 4.35. The molecule has 0 N–H and O–H groups in total. The van der Waals surface area contributed by atoms with Crippen LogP contribution >= 0.6 is 0 Å². The van der Waals surface area contributed by atoms with E-state index in [4.69, 9.17) is 0 Å². The van der Waals surface area contributed by atoms with E-state index in [-0.39, 0.29) is 0 Å². The zero-order valence-electron chi connectivity index (χ0n) is 6.90. The molecular formula is C11H14. The summed E-state index contributed by atoms with van der Waals surface area (Å²) < 4.78 is 0. The van der Waals surface area contributed by atoms with Crippen molar-refractivity contribution < 1.29 is 0 Å². The van der Waals surface area contributed by atoms with E-state index in [1.54, 1.807) is 0 Å². The van der Waals surface area contributed by atoms with Gasteiger partial charge in [-0.3, -0.25) is 0 Å². The van der Waals surface area contributed by atoms with Gasteiger partial charge in [-0.2, -0.15) is 0 Å². The molecule has 0 aromatic heterocycles. The van der Waals surface area contributed by atoms with Gasteiger partial charge in [0.2, 0.25) is 0 Å². The lowest BCUT2D eigenvalue weighted by Crippen LogP contribution is -2.18. The van der Waals surface area contributed by atoms with Gasteiger partial charge >= 0.3 is 0 Å². The molecule has 58 valence electrons. The van der Waals surface area contributed by atoms with Gasteiger partial charge in [-0.05, 0) is 36.0 Å². The van der Waals surface area contributed by atoms with Crippen molar-refractivity contribution in [3.05, 3.63) is 24.3 Å². The molecule has 0 nitrogen and oxygen atoms in total. The van der Waals surface area contributed by atoms with E-state index < -0.39 is 0 Å². The van der Waals surface area contributed by atoms with Crippen LogP contribution in [-0.2, 0) is 0 Å². The Labute approximate surface area is 68.0 Å². The molecule has 0 saturated heterocycles. The minimum absolute atomic E-state index is 0.847. The lowest BCUT2D eigenvalue weighted by atomic mass is 9.81. The second kappa shape index (κ2) is 1.80. The highest BCUT2D eigenvalue weighted by atomic mass is 14.5. The molecule has 0 spiro atoms. The first-order chi connectivity index (χ1) is 5.36. The van der Waals surface area contributed by atoms with Gasteiger partial charge in [0.05, 0.1) is 0 Å². The van der Waals surface area contributed by atoms with Crippen LogP contribution in [0.1, 0.15) is 13.3 Å². The molecule has 1 fully saturated rings. The maximum atomic E-state index is 2.46. The van der Waals surface area contributed by atoms with Crippen molar-refractivity contribution in [1.29, 1.82) is 0 Å². The largest absolute Gasteiger partial charge is 0.0851 e. The molecule has 11 heavy (non-hydrogen) atoms. The van der Waals surface area contributed by atoms with Crippen molar-refractivity contribution in [2.24, 2.45) is 29.6 Å². The summed E-state index contributed by atoms with van der Waals surface area (Å²) in [5.74, 6) is 4.58. The fourth-order valence-electron chi connectivity index (χ4n) is 3.34. The summed E-state index contributed by atoms with van der Waals surface area (Å²) in [5.41, 5.74) is 0. The first-order valence-electron chi connectivity index (χ1n) is 4.73. The van der Waals surface area contributed by atoms with E-state index in [1.807, 2.05) is 0 Å². The summed E-state index contributed by atoms with van der Waals surface area (Å²) in [5, 5.41) is 0. The molecule has 3 aliphatic carbocycles. The first kappa shape index (κ1) is 6.05. The maximum Gasteiger partial charge on any atom is -0.0131 e. The fraction of sp³-hybridized carbons (Fsp3) is 0.636. The Kier molecular flexibility index (Phi) is 0.988. The third-order valence-corrected chi connectivity index (χ3v) is 3.83. The lowest BCUT2D eigenvalue weighted by Gasteiger charge is -2.23. The fourth-order valence-corrected chi connectivity index (χ4v) is 3.34. The first-order valence-corrected chi connectivity index (χ1v) is 4.73. The molecule has 0 aromatic carbocycles. The van der Waals surface area contributed by atoms with Crippen LogP contribution in [0.2, 0.25) is 0 Å². The van der Waals surface area contributed by atoms with Crippen LogP contribution in [0.5, 0.6) is 0 Å². The second-order valence-corrected chi connectivity index (χ2v) is 4.35. The van der Waals surface area contributed by atoms with Gasteiger partial charge in [-0.1, -0.05) is 31.2 Å². The molecule has 3 rings (SSSR count). The molecule has 1 saturated carbocycles. The van der Waals surface area contributed by atoms with Crippen LogP contribution in [0.4, 0.5) is 0 Å². The van der Waals surface area contributed by atoms with E-state index in [0.717, 1.165) is 29.6 Å². The molecule has 3 aliphatic rings. The molecule has 5 atom stereocenters. The molecule has 0 unspecified atom stereocenters. The summed E-state index contributed by atoms with van der Waals surface area (Å²) in [7, 11) is 0. The van der Waals surface area contributed by atoms with Crippen LogP contribution in [0.15, 0.2) is 24.3 Å². The number of rotatable bonds is 0. The van der Waals surface area contributed by atoms with E-state index in [1.165, 1.54) is 6.42 Å². The summed E-state index contributed by atoms with van der Waals surface area (Å²) in [6, 6.07) is 0. The quantitative estimate of drug-likeness (QED) is 0.461. The standard InChI is InChI=1S/C11H14/c1-7-2-5-10-8-3-4-9(6-8)11(7)10/h2-5,7-11H,6H2,1H3/t7-,8+,9+,10+,11-/m0/s1. The van der Waals surface area contributed by atoms with Crippen molar-refractivity contribution >= 4 is 0 Å². The third kappa shape index (κ3) is 0.610. The van der Waals surface area contributed by atoms with Gasteiger partial charge in [-0.15, -0.1) is 0 Å². The van der Waals surface area contributed by atoms with E-state index in [0.29, 0.717) is 0 Å². The summed E-state index contributed by atoms with van der Waals surface area (Å²) in [4.78, 5) is 0. The molecular weight excluding hydrogens is 132 g/mol. The monoisotopic (exact) mass is 146 g/mol. The average molecular weight is 146 g/mol. The normalized spacial score (nSPS) is 57.4. The molecule has 0 amide bonds. The zero-order valence-corrected chi connectivity index (χ0v) is 6.90. The Morgan fingerprint density at radius 1 is 1.00 bits per heavy atom. The van der Waals surface area contributed by atoms with Crippen LogP contribution in [0, 0.1) is 29.6 Å². The predicted octanol–water partition coefficient (Wildman–Crippen LogP) is 2.63. The van der Waals surface area contributed by atoms with Crippen molar-refractivity contribution in [2.45, 2.75) is 13.3 Å². The van der Waals surface area contributed by atoms with Crippen LogP contribution < -0.4 is 0 Å². The molecule has 0 heterocycles. The Bertz CT molecular complexity index is 236. The third-order valence-electron chi connectivity index (χ3n) is 3.83. The average Bonchev–Trinajstić information content (AvgIpc) is 2.60. The van der Waals surface area contributed by atoms with Gasteiger partial charge < -0.3 is 0 Å². The van der Waals surface area contributed by atoms with E-state index in [9.17, 15) is 0 Å². The van der Waals surface area contributed by atoms with Crippen molar-refractivity contribution in [2.75, 3.05) is 0 Å². The minimum Gasteiger partial charge on any atom is -0.0851 e. The minimum atomic E-state index is 0.847. The zero-order chi connectivity index (χ0) is 7.42. The van der Waals surface area contributed by atoms with Crippen LogP contribution in [-0.4, -0.2) is 0 Å². The van der Waals surface area contributed by atoms with E-state index >= 15 is 0 Å². The molecule has 0 heteroatoms. The highest BCUT2D eigenvalue weighted by molar-refractivity contribution is 5.23. The lowest BCUT2D eigenvalue weighted by molar-refractivity contribution is 0.326. The van der Waals surface area contributed by atoms with Crippen LogP contribution in [0.3, 0.4) is 0 Å². The highest BCUT2D eigenvalue weighted by Crippen LogP contribution is 2.54. The Morgan fingerprint density at radius 2 is 1.82 bits per heavy atom. The van der Waals surface area contributed by atoms with E-state index in [2.05, 4.69) is 31.2 Å². The number of hydrogen-bond donors (Lipinski definition) is 0. The van der Waals surface area contributed by atoms with Crippen LogP contribution in [0.25, 0.3) is 0 Å². The van der Waals surface area contributed by atoms with Crippen molar-refractivity contribution in [3.8, 4) is 0 Å². The predicted molar refractivity (Wildman–Crippen MR) is 46.0 cm³/mol. The Balaban J connectivity index is 2.02. The number of fused-ring (bicyclic) bond motifs is 5. The number of allylic oxidation sites excluding steroid dienone is 4.